The lowest BCUT2D eigenvalue weighted by Gasteiger charge is -2.35. The third-order valence-electron chi connectivity index (χ3n) is 4.34. The van der Waals surface area contributed by atoms with Crippen molar-refractivity contribution >= 4 is 23.2 Å². The molecular weight excluding hydrogens is 272 g/mol. The molecule has 0 heterocycles. The van der Waals surface area contributed by atoms with Crippen molar-refractivity contribution in [3.63, 3.8) is 0 Å². The van der Waals surface area contributed by atoms with Gasteiger partial charge >= 0.3 is 0 Å². The Morgan fingerprint density at radius 3 is 2.65 bits per heavy atom. The highest BCUT2D eigenvalue weighted by Crippen LogP contribution is 2.38. The number of hydrogen-bond acceptors (Lipinski definition) is 2. The van der Waals surface area contributed by atoms with Crippen molar-refractivity contribution in [2.24, 2.45) is 11.1 Å². The van der Waals surface area contributed by atoms with E-state index in [1.54, 1.807) is 6.07 Å². The average molecular weight is 295 g/mol. The van der Waals surface area contributed by atoms with Crippen LogP contribution in [0.15, 0.2) is 18.2 Å². The number of nitrogens with two attached hydrogens (primary N) is 1. The third kappa shape index (κ3) is 3.74. The minimum Gasteiger partial charge on any atom is -0.330 e. The van der Waals surface area contributed by atoms with Gasteiger partial charge in [0.15, 0.2) is 0 Å². The van der Waals surface area contributed by atoms with Crippen molar-refractivity contribution < 1.29 is 4.79 Å². The Bertz CT molecular complexity index is 481. The molecule has 3 N–H and O–H groups in total. The van der Waals surface area contributed by atoms with Gasteiger partial charge in [-0.15, -0.1) is 0 Å². The Hall–Kier alpha value is -1.06. The van der Waals surface area contributed by atoms with Crippen LogP contribution in [0, 0.1) is 12.3 Å². The van der Waals surface area contributed by atoms with Gasteiger partial charge < -0.3 is 11.1 Å². The number of benzene rings is 1. The van der Waals surface area contributed by atoms with Crippen molar-refractivity contribution in [3.8, 4) is 0 Å². The van der Waals surface area contributed by atoms with Gasteiger partial charge in [0.25, 0.3) is 0 Å². The normalized spacial score (nSPS) is 17.8. The number of hydrogen-bond donors (Lipinski definition) is 2. The van der Waals surface area contributed by atoms with Crippen LogP contribution in [-0.2, 0) is 4.79 Å². The van der Waals surface area contributed by atoms with Gasteiger partial charge in [-0.3, -0.25) is 4.79 Å². The molecular formula is C16H23ClN2O. The van der Waals surface area contributed by atoms with E-state index in [0.29, 0.717) is 18.0 Å². The molecule has 1 aromatic carbocycles. The van der Waals surface area contributed by atoms with Crippen LogP contribution in [0.25, 0.3) is 0 Å². The summed E-state index contributed by atoms with van der Waals surface area (Å²) >= 11 is 6.07. The highest BCUT2D eigenvalue weighted by molar-refractivity contribution is 6.31. The molecule has 4 heteroatoms. The Kier molecular flexibility index (Phi) is 5.06. The van der Waals surface area contributed by atoms with E-state index in [-0.39, 0.29) is 11.3 Å². The first-order chi connectivity index (χ1) is 9.54. The maximum atomic E-state index is 12.2. The van der Waals surface area contributed by atoms with Gasteiger partial charge in [-0.25, -0.2) is 0 Å². The molecule has 20 heavy (non-hydrogen) atoms. The Morgan fingerprint density at radius 1 is 1.35 bits per heavy atom. The molecule has 0 saturated heterocycles. The molecule has 0 spiro atoms. The Morgan fingerprint density at radius 2 is 2.05 bits per heavy atom. The second-order valence-electron chi connectivity index (χ2n) is 5.95. The van der Waals surface area contributed by atoms with E-state index in [2.05, 4.69) is 5.32 Å². The monoisotopic (exact) mass is 294 g/mol. The first-order valence-electron chi connectivity index (χ1n) is 7.31. The van der Waals surface area contributed by atoms with Crippen molar-refractivity contribution in [2.75, 3.05) is 11.9 Å². The van der Waals surface area contributed by atoms with E-state index in [0.717, 1.165) is 24.1 Å². The lowest BCUT2D eigenvalue weighted by molar-refractivity contribution is -0.118. The molecule has 1 saturated carbocycles. The third-order valence-corrected chi connectivity index (χ3v) is 4.75. The van der Waals surface area contributed by atoms with E-state index >= 15 is 0 Å². The predicted molar refractivity (Wildman–Crippen MR) is 84.0 cm³/mol. The highest BCUT2D eigenvalue weighted by atomic mass is 35.5. The van der Waals surface area contributed by atoms with Crippen LogP contribution in [0.2, 0.25) is 5.02 Å². The number of nitrogens with one attached hydrogen (secondary N) is 1. The van der Waals surface area contributed by atoms with Gasteiger partial charge in [0.05, 0.1) is 0 Å². The summed E-state index contributed by atoms with van der Waals surface area (Å²) in [5.74, 6) is 0.0391. The average Bonchev–Trinajstić information content (AvgIpc) is 2.44. The number of amides is 1. The van der Waals surface area contributed by atoms with Gasteiger partial charge in [-0.05, 0) is 49.4 Å². The number of carbonyl (C=O) groups is 1. The summed E-state index contributed by atoms with van der Waals surface area (Å²) in [6, 6.07) is 5.59. The minimum atomic E-state index is -0.00315. The van der Waals surface area contributed by atoms with E-state index in [4.69, 9.17) is 17.3 Å². The van der Waals surface area contributed by atoms with Gasteiger partial charge in [0.1, 0.15) is 0 Å². The smallest absolute Gasteiger partial charge is 0.224 e. The maximum Gasteiger partial charge on any atom is 0.224 e. The zero-order valence-corrected chi connectivity index (χ0v) is 12.8. The van der Waals surface area contributed by atoms with Gasteiger partial charge in [0.2, 0.25) is 5.91 Å². The fourth-order valence-corrected chi connectivity index (χ4v) is 3.15. The SMILES string of the molecule is Cc1ccc(NC(=O)CC2(CN)CCCCC2)cc1Cl. The molecule has 1 aromatic rings. The zero-order chi connectivity index (χ0) is 14.6. The van der Waals surface area contributed by atoms with E-state index in [1.165, 1.54) is 19.3 Å². The van der Waals surface area contributed by atoms with Gasteiger partial charge in [0, 0.05) is 17.1 Å². The molecule has 3 nitrogen and oxygen atoms in total. The second kappa shape index (κ2) is 6.59. The van der Waals surface area contributed by atoms with E-state index in [9.17, 15) is 4.79 Å². The van der Waals surface area contributed by atoms with Crippen molar-refractivity contribution in [1.82, 2.24) is 0 Å². The minimum absolute atomic E-state index is 0.00315. The highest BCUT2D eigenvalue weighted by Gasteiger charge is 2.32. The predicted octanol–water partition coefficient (Wildman–Crippen LogP) is 3.89. The molecule has 0 radical (unpaired) electrons. The molecule has 1 fully saturated rings. The Labute approximate surface area is 125 Å². The molecule has 1 aliphatic carbocycles. The molecule has 1 aliphatic rings. The summed E-state index contributed by atoms with van der Waals surface area (Å²) in [6.07, 6.45) is 6.25. The summed E-state index contributed by atoms with van der Waals surface area (Å²) in [5.41, 5.74) is 7.69. The summed E-state index contributed by atoms with van der Waals surface area (Å²) in [7, 11) is 0. The zero-order valence-electron chi connectivity index (χ0n) is 12.0. The van der Waals surface area contributed by atoms with Gasteiger partial charge in [-0.1, -0.05) is 36.9 Å². The van der Waals surface area contributed by atoms with Crippen LogP contribution in [0.4, 0.5) is 5.69 Å². The van der Waals surface area contributed by atoms with E-state index < -0.39 is 0 Å². The number of halogens is 1. The fourth-order valence-electron chi connectivity index (χ4n) is 2.97. The molecule has 0 bridgehead atoms. The lowest BCUT2D eigenvalue weighted by atomic mass is 9.71. The molecule has 2 rings (SSSR count). The van der Waals surface area contributed by atoms with E-state index in [1.807, 2.05) is 19.1 Å². The first-order valence-corrected chi connectivity index (χ1v) is 7.69. The number of rotatable bonds is 4. The number of aryl methyl sites for hydroxylation is 1. The van der Waals surface area contributed by atoms with Crippen LogP contribution in [0.5, 0.6) is 0 Å². The molecule has 0 atom stereocenters. The summed E-state index contributed by atoms with van der Waals surface area (Å²) in [5, 5.41) is 3.61. The lowest BCUT2D eigenvalue weighted by Crippen LogP contribution is -2.36. The molecule has 110 valence electrons. The van der Waals surface area contributed by atoms with Crippen molar-refractivity contribution in [2.45, 2.75) is 45.4 Å². The second-order valence-corrected chi connectivity index (χ2v) is 6.36. The molecule has 0 unspecified atom stereocenters. The van der Waals surface area contributed by atoms with Crippen LogP contribution in [0.3, 0.4) is 0 Å². The van der Waals surface area contributed by atoms with Gasteiger partial charge in [-0.2, -0.15) is 0 Å². The standard InChI is InChI=1S/C16H23ClN2O/c1-12-5-6-13(9-14(12)17)19-15(20)10-16(11-18)7-3-2-4-8-16/h5-6,9H,2-4,7-8,10-11,18H2,1H3,(H,19,20). The maximum absolute atomic E-state index is 12.2. The number of carbonyl (C=O) groups excluding carboxylic acids is 1. The van der Waals surface area contributed by atoms with Crippen molar-refractivity contribution in [3.05, 3.63) is 28.8 Å². The summed E-state index contributed by atoms with van der Waals surface area (Å²) < 4.78 is 0. The van der Waals surface area contributed by atoms with Crippen molar-refractivity contribution in [1.29, 1.82) is 0 Å². The topological polar surface area (TPSA) is 55.1 Å². The van der Waals surface area contributed by atoms with Crippen LogP contribution >= 0.6 is 11.6 Å². The first kappa shape index (κ1) is 15.3. The molecule has 0 aliphatic heterocycles. The van der Waals surface area contributed by atoms with Crippen LogP contribution in [0.1, 0.15) is 44.1 Å². The summed E-state index contributed by atoms with van der Waals surface area (Å²) in [4.78, 5) is 12.2. The molecule has 1 amide bonds. The fraction of sp³-hybridized carbons (Fsp3) is 0.562. The quantitative estimate of drug-likeness (QED) is 0.885. The van der Waals surface area contributed by atoms with Crippen LogP contribution in [-0.4, -0.2) is 12.5 Å². The number of anilines is 1. The Balaban J connectivity index is 1.98. The molecule has 0 aromatic heterocycles. The largest absolute Gasteiger partial charge is 0.330 e. The summed E-state index contributed by atoms with van der Waals surface area (Å²) in [6.45, 7) is 2.54. The van der Waals surface area contributed by atoms with Crippen LogP contribution < -0.4 is 11.1 Å².